The summed E-state index contributed by atoms with van der Waals surface area (Å²) in [6.07, 6.45) is 7.38. The number of rotatable bonds is 2. The normalized spacial score (nSPS) is 11.4. The number of nitrogens with zero attached hydrogens (tertiary/aromatic N) is 6. The van der Waals surface area contributed by atoms with Gasteiger partial charge in [0.25, 0.3) is 0 Å². The van der Waals surface area contributed by atoms with Crippen LogP contribution in [0, 0.1) is 20.8 Å². The van der Waals surface area contributed by atoms with Crippen LogP contribution < -0.4 is 0 Å². The van der Waals surface area contributed by atoms with Crippen LogP contribution >= 0.6 is 0 Å². The van der Waals surface area contributed by atoms with Gasteiger partial charge in [-0.3, -0.25) is 0 Å². The quantitative estimate of drug-likeness (QED) is 0.568. The van der Waals surface area contributed by atoms with E-state index in [4.69, 9.17) is 4.52 Å². The van der Waals surface area contributed by atoms with Crippen molar-refractivity contribution in [2.75, 3.05) is 0 Å². The zero-order chi connectivity index (χ0) is 15.3. The average molecular weight is 294 g/mol. The van der Waals surface area contributed by atoms with E-state index in [0.29, 0.717) is 0 Å². The first-order chi connectivity index (χ1) is 10.6. The highest BCUT2D eigenvalue weighted by Gasteiger charge is 2.15. The molecule has 0 bridgehead atoms. The van der Waals surface area contributed by atoms with E-state index in [2.05, 4.69) is 20.3 Å². The maximum Gasteiger partial charge on any atom is 0.181 e. The van der Waals surface area contributed by atoms with E-state index in [1.807, 2.05) is 39.2 Å². The van der Waals surface area contributed by atoms with Crippen molar-refractivity contribution in [3.8, 4) is 16.8 Å². The van der Waals surface area contributed by atoms with Gasteiger partial charge < -0.3 is 4.52 Å². The second kappa shape index (κ2) is 4.52. The fraction of sp³-hybridized carbons (Fsp3) is 0.200. The monoisotopic (exact) mass is 294 g/mol. The van der Waals surface area contributed by atoms with Gasteiger partial charge in [0, 0.05) is 23.7 Å². The molecule has 110 valence electrons. The second-order valence-electron chi connectivity index (χ2n) is 5.24. The lowest BCUT2D eigenvalue weighted by molar-refractivity contribution is 0.393. The Morgan fingerprint density at radius 3 is 2.73 bits per heavy atom. The zero-order valence-electron chi connectivity index (χ0n) is 12.5. The van der Waals surface area contributed by atoms with Crippen LogP contribution in [0.3, 0.4) is 0 Å². The van der Waals surface area contributed by atoms with Gasteiger partial charge in [-0.05, 0) is 26.8 Å². The lowest BCUT2D eigenvalue weighted by Crippen LogP contribution is -1.97. The highest BCUT2D eigenvalue weighted by molar-refractivity contribution is 5.67. The summed E-state index contributed by atoms with van der Waals surface area (Å²) in [4.78, 5) is 4.53. The molecule has 0 aromatic carbocycles. The molecule has 0 aliphatic carbocycles. The predicted octanol–water partition coefficient (Wildman–Crippen LogP) is 2.50. The van der Waals surface area contributed by atoms with E-state index < -0.39 is 0 Å². The van der Waals surface area contributed by atoms with Crippen LogP contribution in [-0.4, -0.2) is 29.5 Å². The molecular weight excluding hydrogens is 280 g/mol. The SMILES string of the molecule is Cc1ccn2ncc(-n3cc(-c4c(C)noc4C)cn3)c2n1. The highest BCUT2D eigenvalue weighted by Crippen LogP contribution is 2.27. The number of aryl methyl sites for hydroxylation is 3. The minimum absolute atomic E-state index is 0.772. The maximum absolute atomic E-state index is 5.22. The van der Waals surface area contributed by atoms with E-state index in [1.165, 1.54) is 0 Å². The van der Waals surface area contributed by atoms with Gasteiger partial charge in [-0.2, -0.15) is 10.2 Å². The van der Waals surface area contributed by atoms with Crippen molar-refractivity contribution in [1.29, 1.82) is 0 Å². The highest BCUT2D eigenvalue weighted by atomic mass is 16.5. The molecule has 4 rings (SSSR count). The minimum Gasteiger partial charge on any atom is -0.361 e. The molecule has 4 aromatic heterocycles. The molecule has 0 aliphatic heterocycles. The van der Waals surface area contributed by atoms with Gasteiger partial charge in [-0.15, -0.1) is 0 Å². The zero-order valence-corrected chi connectivity index (χ0v) is 12.5. The van der Waals surface area contributed by atoms with Crippen molar-refractivity contribution in [1.82, 2.24) is 29.5 Å². The third-order valence-corrected chi connectivity index (χ3v) is 3.64. The fourth-order valence-corrected chi connectivity index (χ4v) is 2.59. The Balaban J connectivity index is 1.85. The number of aromatic nitrogens is 6. The van der Waals surface area contributed by atoms with Crippen molar-refractivity contribution < 1.29 is 4.52 Å². The summed E-state index contributed by atoms with van der Waals surface area (Å²) >= 11 is 0. The van der Waals surface area contributed by atoms with E-state index >= 15 is 0 Å². The molecular formula is C15H14N6O. The van der Waals surface area contributed by atoms with Crippen molar-refractivity contribution in [2.24, 2.45) is 0 Å². The Bertz CT molecular complexity index is 958. The van der Waals surface area contributed by atoms with Crippen molar-refractivity contribution in [3.05, 3.63) is 48.0 Å². The summed E-state index contributed by atoms with van der Waals surface area (Å²) in [5.41, 5.74) is 5.34. The first kappa shape index (κ1) is 12.8. The smallest absolute Gasteiger partial charge is 0.181 e. The average Bonchev–Trinajstić information content (AvgIpc) is 3.17. The molecule has 4 aromatic rings. The Kier molecular flexibility index (Phi) is 2.62. The van der Waals surface area contributed by atoms with Gasteiger partial charge in [0.1, 0.15) is 11.4 Å². The van der Waals surface area contributed by atoms with Crippen molar-refractivity contribution >= 4 is 5.65 Å². The molecule has 0 saturated heterocycles. The molecule has 0 radical (unpaired) electrons. The van der Waals surface area contributed by atoms with Crippen LogP contribution in [0.25, 0.3) is 22.5 Å². The van der Waals surface area contributed by atoms with Crippen LogP contribution in [0.2, 0.25) is 0 Å². The topological polar surface area (TPSA) is 74.0 Å². The van der Waals surface area contributed by atoms with Crippen LogP contribution in [0.4, 0.5) is 0 Å². The van der Waals surface area contributed by atoms with Crippen LogP contribution in [0.15, 0.2) is 35.4 Å². The molecule has 0 atom stereocenters. The summed E-state index contributed by atoms with van der Waals surface area (Å²) in [6, 6.07) is 1.92. The van der Waals surface area contributed by atoms with Crippen LogP contribution in [-0.2, 0) is 0 Å². The molecule has 22 heavy (non-hydrogen) atoms. The number of hydrogen-bond donors (Lipinski definition) is 0. The number of hydrogen-bond acceptors (Lipinski definition) is 5. The molecule has 4 heterocycles. The summed E-state index contributed by atoms with van der Waals surface area (Å²) in [6.45, 7) is 5.77. The minimum atomic E-state index is 0.772. The fourth-order valence-electron chi connectivity index (χ4n) is 2.59. The van der Waals surface area contributed by atoms with E-state index in [0.717, 1.165) is 39.6 Å². The van der Waals surface area contributed by atoms with E-state index in [9.17, 15) is 0 Å². The largest absolute Gasteiger partial charge is 0.361 e. The summed E-state index contributed by atoms with van der Waals surface area (Å²) in [5.74, 6) is 0.783. The summed E-state index contributed by atoms with van der Waals surface area (Å²) in [7, 11) is 0. The summed E-state index contributed by atoms with van der Waals surface area (Å²) < 4.78 is 8.73. The molecule has 0 aliphatic rings. The molecule has 0 N–H and O–H groups in total. The van der Waals surface area contributed by atoms with Gasteiger partial charge in [-0.25, -0.2) is 14.2 Å². The van der Waals surface area contributed by atoms with E-state index in [-0.39, 0.29) is 0 Å². The van der Waals surface area contributed by atoms with Gasteiger partial charge in [-0.1, -0.05) is 5.16 Å². The molecule has 0 spiro atoms. The van der Waals surface area contributed by atoms with Gasteiger partial charge >= 0.3 is 0 Å². The summed E-state index contributed by atoms with van der Waals surface area (Å²) in [5, 5.41) is 12.7. The van der Waals surface area contributed by atoms with Gasteiger partial charge in [0.05, 0.1) is 23.7 Å². The molecule has 7 nitrogen and oxygen atoms in total. The lowest BCUT2D eigenvalue weighted by atomic mass is 10.1. The first-order valence-corrected chi connectivity index (χ1v) is 6.93. The van der Waals surface area contributed by atoms with Crippen molar-refractivity contribution in [3.63, 3.8) is 0 Å². The standard InChI is InChI=1S/C15H14N6O/c1-9-4-5-20-15(18-9)13(7-17-20)21-8-12(6-16-21)14-10(2)19-22-11(14)3/h4-8H,1-3H3. The first-order valence-electron chi connectivity index (χ1n) is 6.93. The van der Waals surface area contributed by atoms with Crippen LogP contribution in [0.1, 0.15) is 17.1 Å². The van der Waals surface area contributed by atoms with E-state index in [1.54, 1.807) is 21.6 Å². The van der Waals surface area contributed by atoms with Crippen LogP contribution in [0.5, 0.6) is 0 Å². The lowest BCUT2D eigenvalue weighted by Gasteiger charge is -1.99. The Labute approximate surface area is 126 Å². The second-order valence-corrected chi connectivity index (χ2v) is 5.24. The maximum atomic E-state index is 5.22. The number of fused-ring (bicyclic) bond motifs is 1. The molecule has 7 heteroatoms. The third kappa shape index (κ3) is 1.82. The van der Waals surface area contributed by atoms with Crippen molar-refractivity contribution in [2.45, 2.75) is 20.8 Å². The molecule has 0 fully saturated rings. The Morgan fingerprint density at radius 1 is 1.09 bits per heavy atom. The Morgan fingerprint density at radius 2 is 1.95 bits per heavy atom. The van der Waals surface area contributed by atoms with Gasteiger partial charge in [0.15, 0.2) is 5.65 Å². The predicted molar refractivity (Wildman–Crippen MR) is 79.8 cm³/mol. The molecule has 0 saturated carbocycles. The molecule has 0 unspecified atom stereocenters. The third-order valence-electron chi connectivity index (χ3n) is 3.64. The Hall–Kier alpha value is -2.96. The molecule has 0 amide bonds. The van der Waals surface area contributed by atoms with Gasteiger partial charge in [0.2, 0.25) is 0 Å².